The molecule has 0 bridgehead atoms. The standard InChI is InChI=1S/C12H14N6O2S/c1-7(12-15-6-16-17-12)18-21(19,20)11-5-14-10-3-2-8(13)4-9(10)11/h2-7,14,18H,13H2,1H3,(H,15,16,17). The zero-order chi connectivity index (χ0) is 15.0. The maximum absolute atomic E-state index is 12.5. The van der Waals surface area contributed by atoms with Gasteiger partial charge >= 0.3 is 0 Å². The molecule has 9 heteroatoms. The Balaban J connectivity index is 1.98. The molecule has 0 aliphatic heterocycles. The number of hydrogen-bond donors (Lipinski definition) is 4. The Morgan fingerprint density at radius 1 is 1.38 bits per heavy atom. The van der Waals surface area contributed by atoms with Crippen molar-refractivity contribution in [2.24, 2.45) is 0 Å². The maximum Gasteiger partial charge on any atom is 0.243 e. The molecule has 2 heterocycles. The van der Waals surface area contributed by atoms with Crippen LogP contribution in [0.3, 0.4) is 0 Å². The Bertz CT molecular complexity index is 868. The van der Waals surface area contributed by atoms with Crippen LogP contribution in [0.1, 0.15) is 18.8 Å². The van der Waals surface area contributed by atoms with Gasteiger partial charge in [-0.25, -0.2) is 18.1 Å². The highest BCUT2D eigenvalue weighted by Crippen LogP contribution is 2.25. The van der Waals surface area contributed by atoms with E-state index < -0.39 is 16.1 Å². The molecule has 3 rings (SSSR count). The quantitative estimate of drug-likeness (QED) is 0.532. The predicted octanol–water partition coefficient (Wildman–Crippen LogP) is 0.908. The van der Waals surface area contributed by atoms with Crippen LogP contribution in [0.15, 0.2) is 35.6 Å². The molecule has 110 valence electrons. The molecule has 3 aromatic rings. The van der Waals surface area contributed by atoms with Crippen LogP contribution in [0.4, 0.5) is 5.69 Å². The number of sulfonamides is 1. The van der Waals surface area contributed by atoms with Gasteiger partial charge in [0.25, 0.3) is 0 Å². The Morgan fingerprint density at radius 3 is 2.90 bits per heavy atom. The normalized spacial score (nSPS) is 13.6. The topological polar surface area (TPSA) is 130 Å². The molecule has 0 radical (unpaired) electrons. The average molecular weight is 306 g/mol. The van der Waals surface area contributed by atoms with E-state index in [1.54, 1.807) is 25.1 Å². The minimum atomic E-state index is -3.71. The van der Waals surface area contributed by atoms with E-state index in [-0.39, 0.29) is 4.90 Å². The minimum Gasteiger partial charge on any atom is -0.399 e. The molecule has 0 fully saturated rings. The van der Waals surface area contributed by atoms with Gasteiger partial charge in [0.05, 0.1) is 6.04 Å². The molecule has 1 unspecified atom stereocenters. The van der Waals surface area contributed by atoms with Gasteiger partial charge in [0, 0.05) is 22.8 Å². The molecular formula is C12H14N6O2S. The number of nitrogens with two attached hydrogens (primary N) is 1. The second kappa shape index (κ2) is 4.86. The van der Waals surface area contributed by atoms with Crippen molar-refractivity contribution in [1.82, 2.24) is 24.9 Å². The summed E-state index contributed by atoms with van der Waals surface area (Å²) in [6, 6.07) is 4.55. The molecule has 0 aliphatic carbocycles. The second-order valence-electron chi connectivity index (χ2n) is 4.67. The third kappa shape index (κ3) is 2.48. The summed E-state index contributed by atoms with van der Waals surface area (Å²) in [4.78, 5) is 7.00. The molecule has 0 aliphatic rings. The van der Waals surface area contributed by atoms with Gasteiger partial charge in [-0.1, -0.05) is 0 Å². The summed E-state index contributed by atoms with van der Waals surface area (Å²) in [7, 11) is -3.71. The van der Waals surface area contributed by atoms with Gasteiger partial charge in [0.2, 0.25) is 10.0 Å². The monoisotopic (exact) mass is 306 g/mol. The first kappa shape index (κ1) is 13.6. The van der Waals surface area contributed by atoms with Crippen molar-refractivity contribution >= 4 is 26.6 Å². The number of aromatic nitrogens is 4. The highest BCUT2D eigenvalue weighted by atomic mass is 32.2. The van der Waals surface area contributed by atoms with Crippen LogP contribution >= 0.6 is 0 Å². The van der Waals surface area contributed by atoms with E-state index in [1.165, 1.54) is 12.5 Å². The van der Waals surface area contributed by atoms with Gasteiger partial charge in [0.1, 0.15) is 17.0 Å². The fraction of sp³-hybridized carbons (Fsp3) is 0.167. The van der Waals surface area contributed by atoms with E-state index in [4.69, 9.17) is 5.73 Å². The van der Waals surface area contributed by atoms with Crippen molar-refractivity contribution in [3.8, 4) is 0 Å². The minimum absolute atomic E-state index is 0.149. The molecule has 8 nitrogen and oxygen atoms in total. The molecule has 21 heavy (non-hydrogen) atoms. The SMILES string of the molecule is CC(NS(=O)(=O)c1c[nH]c2ccc(N)cc12)c1ncn[nH]1. The maximum atomic E-state index is 12.5. The van der Waals surface area contributed by atoms with E-state index in [0.717, 1.165) is 0 Å². The molecule has 1 atom stereocenters. The van der Waals surface area contributed by atoms with Gasteiger partial charge in [-0.15, -0.1) is 0 Å². The Morgan fingerprint density at radius 2 is 2.19 bits per heavy atom. The molecule has 0 amide bonds. The fourth-order valence-electron chi connectivity index (χ4n) is 2.11. The zero-order valence-electron chi connectivity index (χ0n) is 11.2. The molecule has 1 aromatic carbocycles. The summed E-state index contributed by atoms with van der Waals surface area (Å²) in [5, 5.41) is 6.89. The fourth-order valence-corrected chi connectivity index (χ4v) is 3.49. The molecule has 2 aromatic heterocycles. The number of nitrogens with one attached hydrogen (secondary N) is 3. The number of nitrogen functional groups attached to an aromatic ring is 1. The van der Waals surface area contributed by atoms with Crippen molar-refractivity contribution in [2.75, 3.05) is 5.73 Å². The number of nitrogens with zero attached hydrogens (tertiary/aromatic N) is 2. The summed E-state index contributed by atoms with van der Waals surface area (Å²) >= 11 is 0. The summed E-state index contributed by atoms with van der Waals surface area (Å²) < 4.78 is 27.5. The molecule has 5 N–H and O–H groups in total. The van der Waals surface area contributed by atoms with E-state index in [9.17, 15) is 8.42 Å². The van der Waals surface area contributed by atoms with Crippen molar-refractivity contribution in [2.45, 2.75) is 17.9 Å². The summed E-state index contributed by atoms with van der Waals surface area (Å²) in [6.45, 7) is 1.68. The van der Waals surface area contributed by atoms with Crippen molar-refractivity contribution in [1.29, 1.82) is 0 Å². The predicted molar refractivity (Wildman–Crippen MR) is 77.8 cm³/mol. The highest BCUT2D eigenvalue weighted by Gasteiger charge is 2.23. The van der Waals surface area contributed by atoms with Crippen LogP contribution in [-0.2, 0) is 10.0 Å². The van der Waals surface area contributed by atoms with E-state index in [0.29, 0.717) is 22.4 Å². The summed E-state index contributed by atoms with van der Waals surface area (Å²) in [6.07, 6.45) is 2.77. The Labute approximate surface area is 120 Å². The lowest BCUT2D eigenvalue weighted by Crippen LogP contribution is -2.27. The van der Waals surface area contributed by atoms with Gasteiger partial charge in [0.15, 0.2) is 0 Å². The van der Waals surface area contributed by atoms with Crippen LogP contribution < -0.4 is 10.5 Å². The first-order valence-corrected chi connectivity index (χ1v) is 7.70. The number of aromatic amines is 2. The third-order valence-electron chi connectivity index (χ3n) is 3.13. The molecular weight excluding hydrogens is 292 g/mol. The van der Waals surface area contributed by atoms with E-state index in [1.807, 2.05) is 0 Å². The van der Waals surface area contributed by atoms with Crippen molar-refractivity contribution < 1.29 is 8.42 Å². The second-order valence-corrected chi connectivity index (χ2v) is 6.35. The Hall–Kier alpha value is -2.39. The average Bonchev–Trinajstić information content (AvgIpc) is 3.07. The van der Waals surface area contributed by atoms with Crippen LogP contribution in [0.5, 0.6) is 0 Å². The zero-order valence-corrected chi connectivity index (χ0v) is 12.0. The van der Waals surface area contributed by atoms with Crippen molar-refractivity contribution in [3.05, 3.63) is 36.5 Å². The van der Waals surface area contributed by atoms with Gasteiger partial charge < -0.3 is 10.7 Å². The molecule has 0 saturated carbocycles. The molecule has 0 saturated heterocycles. The van der Waals surface area contributed by atoms with Crippen LogP contribution in [-0.4, -0.2) is 28.6 Å². The van der Waals surface area contributed by atoms with E-state index >= 15 is 0 Å². The van der Waals surface area contributed by atoms with Crippen LogP contribution in [0, 0.1) is 0 Å². The van der Waals surface area contributed by atoms with Crippen molar-refractivity contribution in [3.63, 3.8) is 0 Å². The summed E-state index contributed by atoms with van der Waals surface area (Å²) in [5.41, 5.74) is 6.93. The number of benzene rings is 1. The number of anilines is 1. The van der Waals surface area contributed by atoms with E-state index in [2.05, 4.69) is 24.9 Å². The van der Waals surface area contributed by atoms with Crippen LogP contribution in [0.2, 0.25) is 0 Å². The number of fused-ring (bicyclic) bond motifs is 1. The number of hydrogen-bond acceptors (Lipinski definition) is 5. The molecule has 0 spiro atoms. The number of rotatable bonds is 4. The third-order valence-corrected chi connectivity index (χ3v) is 4.71. The van der Waals surface area contributed by atoms with Gasteiger partial charge in [-0.3, -0.25) is 5.10 Å². The lowest BCUT2D eigenvalue weighted by atomic mass is 10.2. The first-order chi connectivity index (χ1) is 9.97. The highest BCUT2D eigenvalue weighted by molar-refractivity contribution is 7.89. The lowest BCUT2D eigenvalue weighted by Gasteiger charge is -2.11. The lowest BCUT2D eigenvalue weighted by molar-refractivity contribution is 0.561. The first-order valence-electron chi connectivity index (χ1n) is 6.21. The Kier molecular flexibility index (Phi) is 3.15. The summed E-state index contributed by atoms with van der Waals surface area (Å²) in [5.74, 6) is 0.443. The smallest absolute Gasteiger partial charge is 0.243 e. The number of H-pyrrole nitrogens is 2. The van der Waals surface area contributed by atoms with Gasteiger partial charge in [-0.2, -0.15) is 5.10 Å². The van der Waals surface area contributed by atoms with Crippen LogP contribution in [0.25, 0.3) is 10.9 Å². The largest absolute Gasteiger partial charge is 0.399 e. The van der Waals surface area contributed by atoms with Gasteiger partial charge in [-0.05, 0) is 25.1 Å².